The third-order valence-corrected chi connectivity index (χ3v) is 2.97. The zero-order valence-electron chi connectivity index (χ0n) is 9.81. The molecule has 0 saturated heterocycles. The molecule has 2 N–H and O–H groups in total. The molecule has 0 aliphatic heterocycles. The largest absolute Gasteiger partial charge is 0.481 e. The van der Waals surface area contributed by atoms with E-state index in [4.69, 9.17) is 10.5 Å². The van der Waals surface area contributed by atoms with Crippen LogP contribution in [0.2, 0.25) is 0 Å². The van der Waals surface area contributed by atoms with Crippen LogP contribution < -0.4 is 10.5 Å². The highest BCUT2D eigenvalue weighted by Crippen LogP contribution is 2.27. The molecule has 0 saturated carbocycles. The second-order valence-corrected chi connectivity index (χ2v) is 4.78. The SMILES string of the molecule is Cn1cc(C(CN)Oc2cc(Br)ccc2F)cn1. The zero-order valence-corrected chi connectivity index (χ0v) is 11.4. The maximum Gasteiger partial charge on any atom is 0.165 e. The topological polar surface area (TPSA) is 53.1 Å². The van der Waals surface area contributed by atoms with Crippen molar-refractivity contribution in [3.8, 4) is 5.75 Å². The van der Waals surface area contributed by atoms with Crippen LogP contribution in [0.4, 0.5) is 4.39 Å². The Balaban J connectivity index is 2.22. The van der Waals surface area contributed by atoms with Crippen LogP contribution >= 0.6 is 15.9 Å². The molecule has 6 heteroatoms. The van der Waals surface area contributed by atoms with Crippen molar-refractivity contribution in [2.75, 3.05) is 6.54 Å². The van der Waals surface area contributed by atoms with Gasteiger partial charge < -0.3 is 10.5 Å². The predicted molar refractivity (Wildman–Crippen MR) is 69.7 cm³/mol. The van der Waals surface area contributed by atoms with Gasteiger partial charge >= 0.3 is 0 Å². The van der Waals surface area contributed by atoms with E-state index in [1.165, 1.54) is 6.07 Å². The Bertz CT molecular complexity index is 544. The first-order valence-electron chi connectivity index (χ1n) is 5.40. The van der Waals surface area contributed by atoms with Gasteiger partial charge in [-0.1, -0.05) is 15.9 Å². The second kappa shape index (κ2) is 5.49. The standard InChI is InChI=1S/C12H13BrFN3O/c1-17-7-8(6-16-17)12(5-15)18-11-4-9(13)2-3-10(11)14/h2-4,6-7,12H,5,15H2,1H3. The molecule has 96 valence electrons. The summed E-state index contributed by atoms with van der Waals surface area (Å²) in [6, 6.07) is 4.54. The van der Waals surface area contributed by atoms with Crippen molar-refractivity contribution in [2.24, 2.45) is 12.8 Å². The minimum atomic E-state index is -0.416. The third kappa shape index (κ3) is 2.88. The maximum absolute atomic E-state index is 13.6. The number of nitrogens with two attached hydrogens (primary N) is 1. The van der Waals surface area contributed by atoms with Crippen molar-refractivity contribution in [1.82, 2.24) is 9.78 Å². The van der Waals surface area contributed by atoms with Crippen molar-refractivity contribution in [3.05, 3.63) is 46.4 Å². The molecule has 0 bridgehead atoms. The molecule has 0 aliphatic carbocycles. The molecule has 0 radical (unpaired) electrons. The zero-order chi connectivity index (χ0) is 13.1. The van der Waals surface area contributed by atoms with Crippen molar-refractivity contribution in [2.45, 2.75) is 6.10 Å². The summed E-state index contributed by atoms with van der Waals surface area (Å²) in [4.78, 5) is 0. The Hall–Kier alpha value is -1.40. The molecule has 0 aliphatic rings. The molecule has 1 atom stereocenters. The first-order valence-corrected chi connectivity index (χ1v) is 6.19. The van der Waals surface area contributed by atoms with Crippen molar-refractivity contribution in [1.29, 1.82) is 0 Å². The quantitative estimate of drug-likeness (QED) is 0.943. The molecule has 4 nitrogen and oxygen atoms in total. The van der Waals surface area contributed by atoms with E-state index < -0.39 is 11.9 Å². The number of rotatable bonds is 4. The van der Waals surface area contributed by atoms with E-state index in [9.17, 15) is 4.39 Å². The minimum absolute atomic E-state index is 0.170. The summed E-state index contributed by atoms with van der Waals surface area (Å²) in [5, 5.41) is 4.05. The molecule has 1 aromatic carbocycles. The van der Waals surface area contributed by atoms with Crippen molar-refractivity contribution >= 4 is 15.9 Å². The summed E-state index contributed by atoms with van der Waals surface area (Å²) in [6.07, 6.45) is 3.04. The summed E-state index contributed by atoms with van der Waals surface area (Å²) in [5.74, 6) is -0.246. The lowest BCUT2D eigenvalue weighted by atomic mass is 10.2. The molecule has 0 spiro atoms. The number of ether oxygens (including phenoxy) is 1. The summed E-state index contributed by atoms with van der Waals surface area (Å²) >= 11 is 3.27. The number of aromatic nitrogens is 2. The van der Waals surface area contributed by atoms with Crippen LogP contribution in [-0.4, -0.2) is 16.3 Å². The van der Waals surface area contributed by atoms with E-state index in [1.54, 1.807) is 36.3 Å². The van der Waals surface area contributed by atoms with Gasteiger partial charge in [-0.3, -0.25) is 4.68 Å². The number of nitrogens with zero attached hydrogens (tertiary/aromatic N) is 2. The Labute approximate surface area is 113 Å². The summed E-state index contributed by atoms with van der Waals surface area (Å²) in [7, 11) is 1.80. The number of hydrogen-bond acceptors (Lipinski definition) is 3. The van der Waals surface area contributed by atoms with Gasteiger partial charge in [0.1, 0.15) is 6.10 Å². The van der Waals surface area contributed by atoms with E-state index in [0.717, 1.165) is 10.0 Å². The first kappa shape index (κ1) is 13.0. The van der Waals surface area contributed by atoms with Gasteiger partial charge in [0.25, 0.3) is 0 Å². The van der Waals surface area contributed by atoms with Crippen LogP contribution in [0.15, 0.2) is 35.1 Å². The van der Waals surface area contributed by atoms with Gasteiger partial charge in [0, 0.05) is 29.8 Å². The van der Waals surface area contributed by atoms with Crippen LogP contribution in [0.25, 0.3) is 0 Å². The molecule has 0 fully saturated rings. The normalized spacial score (nSPS) is 12.4. The molecule has 1 heterocycles. The Morgan fingerprint density at radius 3 is 2.94 bits per heavy atom. The fourth-order valence-electron chi connectivity index (χ4n) is 1.58. The van der Waals surface area contributed by atoms with Crippen molar-refractivity contribution < 1.29 is 9.13 Å². The van der Waals surface area contributed by atoms with Crippen LogP contribution in [0.3, 0.4) is 0 Å². The van der Waals surface area contributed by atoms with E-state index in [-0.39, 0.29) is 12.3 Å². The van der Waals surface area contributed by atoms with Crippen LogP contribution in [0.1, 0.15) is 11.7 Å². The van der Waals surface area contributed by atoms with Crippen LogP contribution in [0.5, 0.6) is 5.75 Å². The average molecular weight is 314 g/mol. The molecule has 1 unspecified atom stereocenters. The van der Waals surface area contributed by atoms with Crippen LogP contribution in [-0.2, 0) is 7.05 Å². The fourth-order valence-corrected chi connectivity index (χ4v) is 1.92. The Kier molecular flexibility index (Phi) is 3.98. The predicted octanol–water partition coefficient (Wildman–Crippen LogP) is 2.40. The number of hydrogen-bond donors (Lipinski definition) is 1. The smallest absolute Gasteiger partial charge is 0.165 e. The highest BCUT2D eigenvalue weighted by molar-refractivity contribution is 9.10. The van der Waals surface area contributed by atoms with Crippen molar-refractivity contribution in [3.63, 3.8) is 0 Å². The fraction of sp³-hybridized carbons (Fsp3) is 0.250. The average Bonchev–Trinajstić information content (AvgIpc) is 2.77. The molecular formula is C12H13BrFN3O. The lowest BCUT2D eigenvalue weighted by molar-refractivity contribution is 0.204. The van der Waals surface area contributed by atoms with E-state index >= 15 is 0 Å². The van der Waals surface area contributed by atoms with Crippen LogP contribution in [0, 0.1) is 5.82 Å². The van der Waals surface area contributed by atoms with E-state index in [1.807, 2.05) is 0 Å². The maximum atomic E-state index is 13.6. The van der Waals surface area contributed by atoms with Gasteiger partial charge in [-0.2, -0.15) is 5.10 Å². The second-order valence-electron chi connectivity index (χ2n) is 3.86. The Morgan fingerprint density at radius 1 is 1.56 bits per heavy atom. The van der Waals surface area contributed by atoms with E-state index in [0.29, 0.717) is 0 Å². The van der Waals surface area contributed by atoms with E-state index in [2.05, 4.69) is 21.0 Å². The third-order valence-electron chi connectivity index (χ3n) is 2.47. The van der Waals surface area contributed by atoms with Gasteiger partial charge in [-0.05, 0) is 18.2 Å². The first-order chi connectivity index (χ1) is 8.60. The molecule has 18 heavy (non-hydrogen) atoms. The lowest BCUT2D eigenvalue weighted by Crippen LogP contribution is -2.18. The van der Waals surface area contributed by atoms with Gasteiger partial charge in [0.05, 0.1) is 6.20 Å². The summed E-state index contributed by atoms with van der Waals surface area (Å²) < 4.78 is 21.6. The lowest BCUT2D eigenvalue weighted by Gasteiger charge is -2.16. The molecule has 2 rings (SSSR count). The minimum Gasteiger partial charge on any atom is -0.481 e. The molecular weight excluding hydrogens is 301 g/mol. The highest BCUT2D eigenvalue weighted by Gasteiger charge is 2.15. The number of benzene rings is 1. The summed E-state index contributed by atoms with van der Waals surface area (Å²) in [5.41, 5.74) is 6.47. The number of aryl methyl sites for hydroxylation is 1. The van der Waals surface area contributed by atoms with Gasteiger partial charge in [-0.15, -0.1) is 0 Å². The van der Waals surface area contributed by atoms with Gasteiger partial charge in [0.15, 0.2) is 11.6 Å². The van der Waals surface area contributed by atoms with Gasteiger partial charge in [0.2, 0.25) is 0 Å². The Morgan fingerprint density at radius 2 is 2.33 bits per heavy atom. The molecule has 0 amide bonds. The number of halogens is 2. The highest BCUT2D eigenvalue weighted by atomic mass is 79.9. The molecule has 1 aromatic heterocycles. The summed E-state index contributed by atoms with van der Waals surface area (Å²) in [6.45, 7) is 0.248. The monoisotopic (exact) mass is 313 g/mol. The molecule has 2 aromatic rings. The van der Waals surface area contributed by atoms with Gasteiger partial charge in [-0.25, -0.2) is 4.39 Å².